The van der Waals surface area contributed by atoms with Crippen molar-refractivity contribution in [1.29, 1.82) is 0 Å². The standard InChI is InChI=1S/C21H26N2O4S/c1-5-23(6-2)28(25,26)18-12-13-20(27-4)19(15-18)22-21(24)14-11-17-9-7-16(3)8-10-17/h7-15H,5-6H2,1-4H3,(H,22,24)/b14-11+. The Morgan fingerprint density at radius 1 is 1.11 bits per heavy atom. The lowest BCUT2D eigenvalue weighted by Gasteiger charge is -2.19. The summed E-state index contributed by atoms with van der Waals surface area (Å²) < 4.78 is 32.1. The van der Waals surface area contributed by atoms with Crippen LogP contribution >= 0.6 is 0 Å². The number of amides is 1. The van der Waals surface area contributed by atoms with Crippen LogP contribution in [0, 0.1) is 6.92 Å². The quantitative estimate of drug-likeness (QED) is 0.684. The summed E-state index contributed by atoms with van der Waals surface area (Å²) in [6.07, 6.45) is 3.09. The first-order valence-electron chi connectivity index (χ1n) is 9.05. The van der Waals surface area contributed by atoms with Gasteiger partial charge < -0.3 is 10.1 Å². The molecule has 0 aliphatic heterocycles. The van der Waals surface area contributed by atoms with Crippen molar-refractivity contribution in [1.82, 2.24) is 4.31 Å². The van der Waals surface area contributed by atoms with Gasteiger partial charge in [0.2, 0.25) is 15.9 Å². The summed E-state index contributed by atoms with van der Waals surface area (Å²) in [5, 5.41) is 2.70. The Hall–Kier alpha value is -2.64. The van der Waals surface area contributed by atoms with Crippen molar-refractivity contribution in [2.75, 3.05) is 25.5 Å². The second kappa shape index (κ2) is 9.52. The molecule has 0 atom stereocenters. The maximum atomic E-state index is 12.7. The highest BCUT2D eigenvalue weighted by Crippen LogP contribution is 2.29. The molecular formula is C21H26N2O4S. The molecule has 0 spiro atoms. The zero-order chi connectivity index (χ0) is 20.7. The summed E-state index contributed by atoms with van der Waals surface area (Å²) in [6.45, 7) is 6.29. The molecule has 2 aromatic rings. The van der Waals surface area contributed by atoms with Gasteiger partial charge in [-0.25, -0.2) is 8.42 Å². The maximum absolute atomic E-state index is 12.7. The number of carbonyl (C=O) groups is 1. The number of nitrogens with one attached hydrogen (secondary N) is 1. The summed E-state index contributed by atoms with van der Waals surface area (Å²) in [5.74, 6) is 0.00634. The summed E-state index contributed by atoms with van der Waals surface area (Å²) in [7, 11) is -2.17. The molecule has 0 radical (unpaired) electrons. The van der Waals surface area contributed by atoms with Gasteiger partial charge in [0, 0.05) is 19.2 Å². The van der Waals surface area contributed by atoms with Crippen molar-refractivity contribution >= 4 is 27.7 Å². The minimum absolute atomic E-state index is 0.106. The number of benzene rings is 2. The molecule has 0 aromatic heterocycles. The third kappa shape index (κ3) is 5.21. The van der Waals surface area contributed by atoms with Crippen LogP contribution in [0.4, 0.5) is 5.69 Å². The normalized spacial score (nSPS) is 11.8. The van der Waals surface area contributed by atoms with E-state index in [2.05, 4.69) is 5.32 Å². The van der Waals surface area contributed by atoms with Crippen LogP contribution in [0.25, 0.3) is 6.08 Å². The Kier molecular flexibility index (Phi) is 7.37. The van der Waals surface area contributed by atoms with E-state index in [9.17, 15) is 13.2 Å². The fourth-order valence-corrected chi connectivity index (χ4v) is 4.17. The highest BCUT2D eigenvalue weighted by molar-refractivity contribution is 7.89. The molecule has 0 bridgehead atoms. The average Bonchev–Trinajstić information content (AvgIpc) is 2.68. The van der Waals surface area contributed by atoms with Crippen LogP contribution in [0.15, 0.2) is 53.4 Å². The molecular weight excluding hydrogens is 376 g/mol. The molecule has 0 saturated carbocycles. The summed E-state index contributed by atoms with van der Waals surface area (Å²) >= 11 is 0. The largest absolute Gasteiger partial charge is 0.495 e. The van der Waals surface area contributed by atoms with Crippen molar-refractivity contribution in [3.05, 3.63) is 59.7 Å². The lowest BCUT2D eigenvalue weighted by atomic mass is 10.1. The predicted molar refractivity (Wildman–Crippen MR) is 112 cm³/mol. The molecule has 6 nitrogen and oxygen atoms in total. The summed E-state index contributed by atoms with van der Waals surface area (Å²) in [5.41, 5.74) is 2.33. The lowest BCUT2D eigenvalue weighted by molar-refractivity contribution is -0.111. The molecule has 150 valence electrons. The van der Waals surface area contributed by atoms with Gasteiger partial charge in [-0.2, -0.15) is 4.31 Å². The van der Waals surface area contributed by atoms with E-state index < -0.39 is 10.0 Å². The highest BCUT2D eigenvalue weighted by atomic mass is 32.2. The van der Waals surface area contributed by atoms with Crippen LogP contribution < -0.4 is 10.1 Å². The monoisotopic (exact) mass is 402 g/mol. The summed E-state index contributed by atoms with van der Waals surface area (Å²) in [6, 6.07) is 12.2. The number of ether oxygens (including phenoxy) is 1. The van der Waals surface area contributed by atoms with Crippen molar-refractivity contribution < 1.29 is 17.9 Å². The lowest BCUT2D eigenvalue weighted by Crippen LogP contribution is -2.30. The molecule has 1 N–H and O–H groups in total. The van der Waals surface area contributed by atoms with Gasteiger partial charge in [0.1, 0.15) is 5.75 Å². The Morgan fingerprint density at radius 3 is 2.32 bits per heavy atom. The van der Waals surface area contributed by atoms with Crippen LogP contribution in [-0.2, 0) is 14.8 Å². The number of methoxy groups -OCH3 is 1. The molecule has 0 heterocycles. The summed E-state index contributed by atoms with van der Waals surface area (Å²) in [4.78, 5) is 12.4. The Balaban J connectivity index is 2.26. The Morgan fingerprint density at radius 2 is 1.75 bits per heavy atom. The van der Waals surface area contributed by atoms with Gasteiger partial charge in [0.05, 0.1) is 17.7 Å². The second-order valence-corrected chi connectivity index (χ2v) is 8.12. The molecule has 0 fully saturated rings. The van der Waals surface area contributed by atoms with Crippen molar-refractivity contribution in [3.8, 4) is 5.75 Å². The molecule has 0 aliphatic rings. The van der Waals surface area contributed by atoms with Crippen molar-refractivity contribution in [3.63, 3.8) is 0 Å². The fourth-order valence-electron chi connectivity index (χ4n) is 2.68. The minimum Gasteiger partial charge on any atom is -0.495 e. The molecule has 7 heteroatoms. The van der Waals surface area contributed by atoms with Crippen molar-refractivity contribution in [2.24, 2.45) is 0 Å². The second-order valence-electron chi connectivity index (χ2n) is 6.18. The van der Waals surface area contributed by atoms with E-state index in [0.717, 1.165) is 11.1 Å². The Labute approximate surface area is 166 Å². The van der Waals surface area contributed by atoms with Crippen molar-refractivity contribution in [2.45, 2.75) is 25.7 Å². The van der Waals surface area contributed by atoms with Crippen LogP contribution in [-0.4, -0.2) is 38.8 Å². The number of sulfonamides is 1. The molecule has 0 unspecified atom stereocenters. The van der Waals surface area contributed by atoms with Crippen LogP contribution in [0.2, 0.25) is 0 Å². The van der Waals surface area contributed by atoms with Crippen LogP contribution in [0.5, 0.6) is 5.75 Å². The van der Waals surface area contributed by atoms with Gasteiger partial charge in [0.25, 0.3) is 0 Å². The van der Waals surface area contributed by atoms with E-state index >= 15 is 0 Å². The average molecular weight is 403 g/mol. The maximum Gasteiger partial charge on any atom is 0.248 e. The molecule has 2 rings (SSSR count). The molecule has 1 amide bonds. The first-order valence-corrected chi connectivity index (χ1v) is 10.5. The highest BCUT2D eigenvalue weighted by Gasteiger charge is 2.23. The van der Waals surface area contributed by atoms with E-state index in [1.165, 1.54) is 35.7 Å². The van der Waals surface area contributed by atoms with Gasteiger partial charge >= 0.3 is 0 Å². The van der Waals surface area contributed by atoms with Crippen LogP contribution in [0.3, 0.4) is 0 Å². The fraction of sp³-hybridized carbons (Fsp3) is 0.286. The first kappa shape index (κ1) is 21.7. The first-order chi connectivity index (χ1) is 13.3. The number of anilines is 1. The van der Waals surface area contributed by atoms with Gasteiger partial charge in [-0.3, -0.25) is 4.79 Å². The van der Waals surface area contributed by atoms with Gasteiger partial charge in [0.15, 0.2) is 0 Å². The zero-order valence-corrected chi connectivity index (χ0v) is 17.4. The molecule has 0 aliphatic carbocycles. The van der Waals surface area contributed by atoms with E-state index in [0.29, 0.717) is 24.5 Å². The smallest absolute Gasteiger partial charge is 0.248 e. The van der Waals surface area contributed by atoms with Gasteiger partial charge in [-0.1, -0.05) is 43.7 Å². The predicted octanol–water partition coefficient (Wildman–Crippen LogP) is 3.69. The minimum atomic E-state index is -3.64. The third-order valence-electron chi connectivity index (χ3n) is 4.28. The third-order valence-corrected chi connectivity index (χ3v) is 6.32. The zero-order valence-electron chi connectivity index (χ0n) is 16.6. The van der Waals surface area contributed by atoms with E-state index in [4.69, 9.17) is 4.74 Å². The van der Waals surface area contributed by atoms with Gasteiger partial charge in [-0.15, -0.1) is 0 Å². The number of carbonyl (C=O) groups excluding carboxylic acids is 1. The Bertz CT molecular complexity index is 947. The molecule has 2 aromatic carbocycles. The molecule has 28 heavy (non-hydrogen) atoms. The van der Waals surface area contributed by atoms with E-state index in [1.54, 1.807) is 19.9 Å². The topological polar surface area (TPSA) is 75.7 Å². The molecule has 0 saturated heterocycles. The van der Waals surface area contributed by atoms with Crippen LogP contribution in [0.1, 0.15) is 25.0 Å². The number of aryl methyl sites for hydroxylation is 1. The number of nitrogens with zero attached hydrogens (tertiary/aromatic N) is 1. The number of rotatable bonds is 8. The number of hydrogen-bond donors (Lipinski definition) is 1. The van der Waals surface area contributed by atoms with E-state index in [1.807, 2.05) is 31.2 Å². The SMILES string of the molecule is CCN(CC)S(=O)(=O)c1ccc(OC)c(NC(=O)/C=C/c2ccc(C)cc2)c1. The number of hydrogen-bond acceptors (Lipinski definition) is 4. The van der Waals surface area contributed by atoms with E-state index in [-0.39, 0.29) is 10.8 Å². The van der Waals surface area contributed by atoms with Gasteiger partial charge in [-0.05, 0) is 36.8 Å².